The van der Waals surface area contributed by atoms with Crippen LogP contribution in [-0.2, 0) is 0 Å². The third kappa shape index (κ3) is 1.98. The summed E-state index contributed by atoms with van der Waals surface area (Å²) in [6.07, 6.45) is 1.13. The SMILES string of the molecule is Cc1cc(C2=CSC3=NCCCN23)ccc1Cl. The molecule has 2 heterocycles. The topological polar surface area (TPSA) is 15.6 Å². The van der Waals surface area contributed by atoms with Crippen molar-refractivity contribution in [2.75, 3.05) is 13.1 Å². The Labute approximate surface area is 110 Å². The zero-order valence-corrected chi connectivity index (χ0v) is 11.2. The van der Waals surface area contributed by atoms with Crippen LogP contribution in [0.1, 0.15) is 17.5 Å². The second-order valence-electron chi connectivity index (χ2n) is 4.25. The molecule has 2 aliphatic heterocycles. The van der Waals surface area contributed by atoms with Crippen molar-refractivity contribution in [3.63, 3.8) is 0 Å². The fourth-order valence-electron chi connectivity index (χ4n) is 2.11. The molecule has 0 unspecified atom stereocenters. The number of fused-ring (bicyclic) bond motifs is 1. The van der Waals surface area contributed by atoms with Crippen molar-refractivity contribution in [1.29, 1.82) is 0 Å². The molecule has 0 radical (unpaired) electrons. The van der Waals surface area contributed by atoms with Crippen LogP contribution in [0.5, 0.6) is 0 Å². The van der Waals surface area contributed by atoms with Crippen molar-refractivity contribution in [3.05, 3.63) is 39.8 Å². The highest BCUT2D eigenvalue weighted by molar-refractivity contribution is 8.16. The number of rotatable bonds is 1. The van der Waals surface area contributed by atoms with Crippen LogP contribution in [0.2, 0.25) is 5.02 Å². The number of amidine groups is 1. The minimum absolute atomic E-state index is 0.826. The first kappa shape index (κ1) is 11.2. The highest BCUT2D eigenvalue weighted by Gasteiger charge is 2.25. The van der Waals surface area contributed by atoms with Gasteiger partial charge in [-0.05, 0) is 36.6 Å². The van der Waals surface area contributed by atoms with Gasteiger partial charge in [0.25, 0.3) is 0 Å². The molecule has 2 aliphatic rings. The van der Waals surface area contributed by atoms with Gasteiger partial charge in [-0.3, -0.25) is 4.99 Å². The summed E-state index contributed by atoms with van der Waals surface area (Å²) in [4.78, 5) is 6.84. The number of benzene rings is 1. The second kappa shape index (κ2) is 4.39. The molecular formula is C13H13ClN2S. The second-order valence-corrected chi connectivity index (χ2v) is 5.50. The van der Waals surface area contributed by atoms with Gasteiger partial charge in [0, 0.05) is 23.5 Å². The standard InChI is InChI=1S/C13H13ClN2S/c1-9-7-10(3-4-11(9)14)12-8-17-13-15-5-2-6-16(12)13/h3-4,7-8H,2,5-6H2,1H3. The Morgan fingerprint density at radius 1 is 1.41 bits per heavy atom. The quantitative estimate of drug-likeness (QED) is 0.768. The van der Waals surface area contributed by atoms with Crippen LogP contribution >= 0.6 is 23.4 Å². The molecular weight excluding hydrogens is 252 g/mol. The smallest absolute Gasteiger partial charge is 0.168 e. The van der Waals surface area contributed by atoms with Gasteiger partial charge in [0.2, 0.25) is 0 Å². The lowest BCUT2D eigenvalue weighted by atomic mass is 10.1. The molecule has 4 heteroatoms. The number of aryl methyl sites for hydroxylation is 1. The molecule has 0 amide bonds. The number of hydrogen-bond acceptors (Lipinski definition) is 3. The molecule has 1 aromatic carbocycles. The largest absolute Gasteiger partial charge is 0.320 e. The molecule has 0 spiro atoms. The van der Waals surface area contributed by atoms with Gasteiger partial charge in [-0.2, -0.15) is 0 Å². The van der Waals surface area contributed by atoms with Crippen molar-refractivity contribution < 1.29 is 0 Å². The lowest BCUT2D eigenvalue weighted by Crippen LogP contribution is -2.28. The molecule has 0 N–H and O–H groups in total. The maximum Gasteiger partial charge on any atom is 0.168 e. The normalized spacial score (nSPS) is 18.8. The molecule has 0 saturated carbocycles. The molecule has 88 valence electrons. The van der Waals surface area contributed by atoms with Gasteiger partial charge in [0.1, 0.15) is 0 Å². The number of nitrogens with zero attached hydrogens (tertiary/aromatic N) is 2. The number of aliphatic imine (C=N–C) groups is 1. The van der Waals surface area contributed by atoms with Crippen LogP contribution in [0.25, 0.3) is 5.70 Å². The van der Waals surface area contributed by atoms with E-state index < -0.39 is 0 Å². The summed E-state index contributed by atoms with van der Waals surface area (Å²) in [6, 6.07) is 6.20. The summed E-state index contributed by atoms with van der Waals surface area (Å²) in [5.74, 6) is 0. The summed E-state index contributed by atoms with van der Waals surface area (Å²) in [5, 5.41) is 4.15. The van der Waals surface area contributed by atoms with Gasteiger partial charge in [0.15, 0.2) is 5.17 Å². The number of thioether (sulfide) groups is 1. The van der Waals surface area contributed by atoms with Crippen molar-refractivity contribution in [2.24, 2.45) is 4.99 Å². The third-order valence-electron chi connectivity index (χ3n) is 3.04. The van der Waals surface area contributed by atoms with E-state index >= 15 is 0 Å². The summed E-state index contributed by atoms with van der Waals surface area (Å²) < 4.78 is 0. The Morgan fingerprint density at radius 2 is 2.29 bits per heavy atom. The van der Waals surface area contributed by atoms with E-state index in [2.05, 4.69) is 27.4 Å². The molecule has 3 rings (SSSR count). The Kier molecular flexibility index (Phi) is 2.89. The van der Waals surface area contributed by atoms with Crippen LogP contribution in [0.3, 0.4) is 0 Å². The van der Waals surface area contributed by atoms with Gasteiger partial charge in [-0.25, -0.2) is 0 Å². The van der Waals surface area contributed by atoms with Crippen LogP contribution < -0.4 is 0 Å². The predicted molar refractivity (Wildman–Crippen MR) is 75.4 cm³/mol. The van der Waals surface area contributed by atoms with Crippen LogP contribution in [0, 0.1) is 6.92 Å². The Bertz CT molecular complexity index is 522. The van der Waals surface area contributed by atoms with Crippen molar-refractivity contribution in [3.8, 4) is 0 Å². The monoisotopic (exact) mass is 264 g/mol. The first-order valence-corrected chi connectivity index (χ1v) is 6.97. The lowest BCUT2D eigenvalue weighted by molar-refractivity contribution is 0.542. The van der Waals surface area contributed by atoms with Crippen molar-refractivity contribution >= 4 is 34.2 Å². The van der Waals surface area contributed by atoms with E-state index in [1.165, 1.54) is 11.3 Å². The molecule has 1 aromatic rings. The van der Waals surface area contributed by atoms with Gasteiger partial charge >= 0.3 is 0 Å². The zero-order chi connectivity index (χ0) is 11.8. The van der Waals surface area contributed by atoms with Crippen LogP contribution in [0.4, 0.5) is 0 Å². The third-order valence-corrected chi connectivity index (χ3v) is 4.36. The highest BCUT2D eigenvalue weighted by Crippen LogP contribution is 2.35. The van der Waals surface area contributed by atoms with Gasteiger partial charge < -0.3 is 4.90 Å². The molecule has 0 bridgehead atoms. The minimum Gasteiger partial charge on any atom is -0.320 e. The first-order chi connectivity index (χ1) is 8.25. The molecule has 0 aromatic heterocycles. The summed E-state index contributed by atoms with van der Waals surface area (Å²) >= 11 is 7.78. The summed E-state index contributed by atoms with van der Waals surface area (Å²) in [7, 11) is 0. The van der Waals surface area contributed by atoms with E-state index in [0.29, 0.717) is 0 Å². The average molecular weight is 265 g/mol. The van der Waals surface area contributed by atoms with Crippen LogP contribution in [-0.4, -0.2) is 23.2 Å². The van der Waals surface area contributed by atoms with Gasteiger partial charge in [-0.15, -0.1) is 0 Å². The van der Waals surface area contributed by atoms with Crippen molar-refractivity contribution in [2.45, 2.75) is 13.3 Å². The zero-order valence-electron chi connectivity index (χ0n) is 9.61. The number of halogens is 1. The van der Waals surface area contributed by atoms with E-state index in [1.54, 1.807) is 11.8 Å². The van der Waals surface area contributed by atoms with Gasteiger partial charge in [0.05, 0.1) is 5.70 Å². The average Bonchev–Trinajstić information content (AvgIpc) is 2.76. The van der Waals surface area contributed by atoms with Gasteiger partial charge in [-0.1, -0.05) is 29.4 Å². The highest BCUT2D eigenvalue weighted by atomic mass is 35.5. The Morgan fingerprint density at radius 3 is 3.12 bits per heavy atom. The summed E-state index contributed by atoms with van der Waals surface area (Å²) in [6.45, 7) is 4.07. The van der Waals surface area contributed by atoms with E-state index in [4.69, 9.17) is 11.6 Å². The molecule has 2 nitrogen and oxygen atoms in total. The molecule has 0 fully saturated rings. The molecule has 17 heavy (non-hydrogen) atoms. The fraction of sp³-hybridized carbons (Fsp3) is 0.308. The number of hydrogen-bond donors (Lipinski definition) is 0. The molecule has 0 atom stereocenters. The van der Waals surface area contributed by atoms with Crippen LogP contribution in [0.15, 0.2) is 28.6 Å². The van der Waals surface area contributed by atoms with E-state index in [0.717, 1.165) is 35.3 Å². The maximum absolute atomic E-state index is 6.06. The fourth-order valence-corrected chi connectivity index (χ4v) is 3.19. The Hall–Kier alpha value is -0.930. The van der Waals surface area contributed by atoms with E-state index in [9.17, 15) is 0 Å². The molecule has 0 saturated heterocycles. The van der Waals surface area contributed by atoms with Crippen molar-refractivity contribution in [1.82, 2.24) is 4.90 Å². The van der Waals surface area contributed by atoms with E-state index in [1.807, 2.05) is 13.0 Å². The van der Waals surface area contributed by atoms with E-state index in [-0.39, 0.29) is 0 Å². The predicted octanol–water partition coefficient (Wildman–Crippen LogP) is 3.76. The lowest BCUT2D eigenvalue weighted by Gasteiger charge is -2.25. The first-order valence-electron chi connectivity index (χ1n) is 5.71. The minimum atomic E-state index is 0.826. The maximum atomic E-state index is 6.06. The summed E-state index contributed by atoms with van der Waals surface area (Å²) in [5.41, 5.74) is 3.61. The Balaban J connectivity index is 1.97. The molecule has 0 aliphatic carbocycles.